The molecular weight excluding hydrogens is 352 g/mol. The summed E-state index contributed by atoms with van der Waals surface area (Å²) in [5.74, 6) is 1.43. The van der Waals surface area contributed by atoms with Crippen LogP contribution in [0.4, 0.5) is 0 Å². The number of hydrogen-bond acceptors (Lipinski definition) is 0. The Morgan fingerprint density at radius 2 is 1.00 bits per heavy atom. The molecule has 0 aliphatic carbocycles. The molecule has 0 aliphatic rings. The number of hydrogen-bond donors (Lipinski definition) is 0. The van der Waals surface area contributed by atoms with Crippen LogP contribution in [0.15, 0.2) is 12.4 Å². The van der Waals surface area contributed by atoms with E-state index in [4.69, 9.17) is 0 Å². The van der Waals surface area contributed by atoms with Crippen LogP contribution in [0.1, 0.15) is 142 Å². The number of nitrogens with zero attached hydrogens (tertiary/aromatic N) is 2. The van der Waals surface area contributed by atoms with Crippen LogP contribution in [0.2, 0.25) is 0 Å². The standard InChI is InChI=1S/C27H53N2/c1-4-6-8-9-10-11-12-13-14-15-16-17-18-19-20-22-24-29-26-25-28(27(29)3)23-21-7-5-2/h25-26H,4-24H2,1-3H3/q+1. The van der Waals surface area contributed by atoms with Gasteiger partial charge in [0.15, 0.2) is 0 Å². The molecule has 0 unspecified atom stereocenters. The van der Waals surface area contributed by atoms with E-state index in [2.05, 4.69) is 42.3 Å². The Bertz CT molecular complexity index is 463. The molecule has 1 rings (SSSR count). The number of aryl methyl sites for hydroxylation is 2. The van der Waals surface area contributed by atoms with Gasteiger partial charge in [-0.15, -0.1) is 0 Å². The summed E-state index contributed by atoms with van der Waals surface area (Å²) in [4.78, 5) is 0. The summed E-state index contributed by atoms with van der Waals surface area (Å²) in [5.41, 5.74) is 0. The maximum absolute atomic E-state index is 2.45. The van der Waals surface area contributed by atoms with Crippen LogP contribution in [0.25, 0.3) is 0 Å². The van der Waals surface area contributed by atoms with Crippen LogP contribution >= 0.6 is 0 Å². The number of rotatable bonds is 21. The largest absolute Gasteiger partial charge is 0.253 e. The minimum atomic E-state index is 1.19. The lowest BCUT2D eigenvalue weighted by Gasteiger charge is -2.04. The predicted octanol–water partition coefficient (Wildman–Crippen LogP) is 8.54. The van der Waals surface area contributed by atoms with Crippen molar-refractivity contribution in [2.75, 3.05) is 0 Å². The fraction of sp³-hybridized carbons (Fsp3) is 0.889. The van der Waals surface area contributed by atoms with Crippen molar-refractivity contribution in [3.63, 3.8) is 0 Å². The summed E-state index contributed by atoms with van der Waals surface area (Å²) in [6, 6.07) is 0. The second kappa shape index (κ2) is 19.2. The highest BCUT2D eigenvalue weighted by Gasteiger charge is 2.10. The molecule has 2 heteroatoms. The number of imidazole rings is 1. The van der Waals surface area contributed by atoms with Crippen LogP contribution in [0.5, 0.6) is 0 Å². The SMILES string of the molecule is CCCCCCCCCCCCCCCCCCn1cc[n+](CCCCC)c1C. The van der Waals surface area contributed by atoms with Gasteiger partial charge in [0.2, 0.25) is 0 Å². The molecule has 0 saturated carbocycles. The molecule has 0 aromatic carbocycles. The van der Waals surface area contributed by atoms with E-state index >= 15 is 0 Å². The molecule has 0 bridgehead atoms. The lowest BCUT2D eigenvalue weighted by atomic mass is 10.0. The van der Waals surface area contributed by atoms with Crippen molar-refractivity contribution in [2.45, 2.75) is 156 Å². The summed E-state index contributed by atoms with van der Waals surface area (Å²) in [6.45, 7) is 9.24. The van der Waals surface area contributed by atoms with Crippen LogP contribution in [0.3, 0.4) is 0 Å². The Morgan fingerprint density at radius 1 is 0.586 bits per heavy atom. The van der Waals surface area contributed by atoms with Gasteiger partial charge < -0.3 is 0 Å². The Kier molecular flexibility index (Phi) is 17.4. The highest BCUT2D eigenvalue weighted by atomic mass is 15.1. The molecule has 1 aromatic heterocycles. The van der Waals surface area contributed by atoms with Crippen LogP contribution in [0, 0.1) is 6.92 Å². The quantitative estimate of drug-likeness (QED) is 0.143. The fourth-order valence-corrected chi connectivity index (χ4v) is 4.38. The smallest absolute Gasteiger partial charge is 0.234 e. The third-order valence-corrected chi connectivity index (χ3v) is 6.51. The molecule has 0 fully saturated rings. The minimum absolute atomic E-state index is 1.19. The van der Waals surface area contributed by atoms with Crippen LogP contribution < -0.4 is 4.57 Å². The Morgan fingerprint density at radius 3 is 1.48 bits per heavy atom. The Labute approximate surface area is 183 Å². The zero-order valence-corrected chi connectivity index (χ0v) is 20.4. The Balaban J connectivity index is 1.86. The molecule has 0 N–H and O–H groups in total. The van der Waals surface area contributed by atoms with Gasteiger partial charge in [-0.05, 0) is 25.7 Å². The van der Waals surface area contributed by atoms with E-state index in [9.17, 15) is 0 Å². The van der Waals surface area contributed by atoms with Gasteiger partial charge in [-0.3, -0.25) is 0 Å². The zero-order chi connectivity index (χ0) is 21.0. The highest BCUT2D eigenvalue weighted by molar-refractivity contribution is 4.79. The Hall–Kier alpha value is -0.790. The van der Waals surface area contributed by atoms with Gasteiger partial charge in [0.05, 0.1) is 13.1 Å². The molecule has 0 aliphatic heterocycles. The maximum Gasteiger partial charge on any atom is 0.253 e. The van der Waals surface area contributed by atoms with E-state index in [1.165, 1.54) is 141 Å². The van der Waals surface area contributed by atoms with Gasteiger partial charge in [-0.1, -0.05) is 110 Å². The first-order valence-electron chi connectivity index (χ1n) is 13.3. The number of unbranched alkanes of at least 4 members (excludes halogenated alkanes) is 17. The first-order chi connectivity index (χ1) is 14.3. The number of aromatic nitrogens is 2. The predicted molar refractivity (Wildman–Crippen MR) is 128 cm³/mol. The average molecular weight is 406 g/mol. The molecule has 2 nitrogen and oxygen atoms in total. The van der Waals surface area contributed by atoms with Crippen molar-refractivity contribution in [1.82, 2.24) is 4.57 Å². The van der Waals surface area contributed by atoms with Gasteiger partial charge >= 0.3 is 0 Å². The molecule has 1 aromatic rings. The second-order valence-electron chi connectivity index (χ2n) is 9.24. The lowest BCUT2D eigenvalue weighted by molar-refractivity contribution is -0.702. The van der Waals surface area contributed by atoms with Crippen LogP contribution in [-0.4, -0.2) is 4.57 Å². The van der Waals surface area contributed by atoms with E-state index < -0.39 is 0 Å². The summed E-state index contributed by atoms with van der Waals surface area (Å²) in [5, 5.41) is 0. The molecule has 0 atom stereocenters. The zero-order valence-electron chi connectivity index (χ0n) is 20.4. The average Bonchev–Trinajstić information content (AvgIpc) is 3.07. The molecule has 29 heavy (non-hydrogen) atoms. The summed E-state index contributed by atoms with van der Waals surface area (Å²) < 4.78 is 4.89. The first kappa shape index (κ1) is 26.2. The van der Waals surface area contributed by atoms with Gasteiger partial charge in [-0.25, -0.2) is 9.13 Å². The van der Waals surface area contributed by atoms with Gasteiger partial charge in [0.1, 0.15) is 12.4 Å². The topological polar surface area (TPSA) is 8.81 Å². The molecular formula is C27H53N2+. The van der Waals surface area contributed by atoms with Crippen molar-refractivity contribution in [3.05, 3.63) is 18.2 Å². The third kappa shape index (κ3) is 13.9. The summed E-state index contributed by atoms with van der Waals surface area (Å²) in [6.07, 6.45) is 31.6. The van der Waals surface area contributed by atoms with Crippen LogP contribution in [-0.2, 0) is 13.1 Å². The van der Waals surface area contributed by atoms with E-state index in [-0.39, 0.29) is 0 Å². The first-order valence-corrected chi connectivity index (χ1v) is 13.3. The van der Waals surface area contributed by atoms with Crippen molar-refractivity contribution < 1.29 is 4.57 Å². The molecule has 0 amide bonds. The minimum Gasteiger partial charge on any atom is -0.234 e. The molecule has 0 saturated heterocycles. The summed E-state index contributed by atoms with van der Waals surface area (Å²) >= 11 is 0. The molecule has 1 heterocycles. The van der Waals surface area contributed by atoms with Gasteiger partial charge in [-0.2, -0.15) is 0 Å². The fourth-order valence-electron chi connectivity index (χ4n) is 4.38. The van der Waals surface area contributed by atoms with E-state index in [1.54, 1.807) is 0 Å². The third-order valence-electron chi connectivity index (χ3n) is 6.51. The maximum atomic E-state index is 2.45. The molecule has 0 radical (unpaired) electrons. The normalized spacial score (nSPS) is 11.4. The highest BCUT2D eigenvalue weighted by Crippen LogP contribution is 2.14. The van der Waals surface area contributed by atoms with Gasteiger partial charge in [0, 0.05) is 6.92 Å². The summed E-state index contributed by atoms with van der Waals surface area (Å²) in [7, 11) is 0. The van der Waals surface area contributed by atoms with E-state index in [1.807, 2.05) is 0 Å². The van der Waals surface area contributed by atoms with Crippen molar-refractivity contribution in [3.8, 4) is 0 Å². The van der Waals surface area contributed by atoms with Crippen molar-refractivity contribution in [1.29, 1.82) is 0 Å². The van der Waals surface area contributed by atoms with E-state index in [0.29, 0.717) is 0 Å². The van der Waals surface area contributed by atoms with Crippen molar-refractivity contribution >= 4 is 0 Å². The lowest BCUT2D eigenvalue weighted by Crippen LogP contribution is -2.35. The van der Waals surface area contributed by atoms with Gasteiger partial charge in [0.25, 0.3) is 5.82 Å². The second-order valence-corrected chi connectivity index (χ2v) is 9.24. The van der Waals surface area contributed by atoms with E-state index in [0.717, 1.165) is 0 Å². The molecule has 170 valence electrons. The molecule has 0 spiro atoms. The van der Waals surface area contributed by atoms with Crippen molar-refractivity contribution in [2.24, 2.45) is 0 Å². The monoisotopic (exact) mass is 405 g/mol.